The molecular formula is C33H25N8NaO9S2. The fraction of sp³-hybridized carbons (Fsp3) is 0.0606. The van der Waals surface area contributed by atoms with E-state index in [1.54, 1.807) is 44.3 Å². The van der Waals surface area contributed by atoms with Gasteiger partial charge in [-0.05, 0) is 66.1 Å². The van der Waals surface area contributed by atoms with Gasteiger partial charge in [0.25, 0.3) is 5.56 Å². The van der Waals surface area contributed by atoms with Crippen molar-refractivity contribution < 1.29 is 65.1 Å². The zero-order valence-electron chi connectivity index (χ0n) is 27.9. The molecule has 6 N–H and O–H groups in total. The van der Waals surface area contributed by atoms with Crippen LogP contribution in [0.2, 0.25) is 0 Å². The molecule has 0 amide bonds. The number of carbonyl (C=O) groups is 1. The maximum atomic E-state index is 14.0. The fourth-order valence-electron chi connectivity index (χ4n) is 5.96. The summed E-state index contributed by atoms with van der Waals surface area (Å²) in [4.78, 5) is 37.7. The van der Waals surface area contributed by atoms with Crippen LogP contribution in [0.4, 0.5) is 34.6 Å². The molecule has 0 unspecified atom stereocenters. The van der Waals surface area contributed by atoms with Gasteiger partial charge >= 0.3 is 45.7 Å². The number of carbonyl (C=O) groups excluding carboxylic acids is 1. The van der Waals surface area contributed by atoms with E-state index in [1.165, 1.54) is 41.0 Å². The Labute approximate surface area is 323 Å². The summed E-state index contributed by atoms with van der Waals surface area (Å²) in [5.74, 6) is 4.16. The van der Waals surface area contributed by atoms with Gasteiger partial charge in [0.1, 0.15) is 15.0 Å². The summed E-state index contributed by atoms with van der Waals surface area (Å²) in [6.07, 6.45) is 0. The molecule has 53 heavy (non-hydrogen) atoms. The molecule has 0 aliphatic heterocycles. The van der Waals surface area contributed by atoms with Crippen LogP contribution < -0.4 is 57.0 Å². The number of benzene rings is 4. The third-order valence-corrected chi connectivity index (χ3v) is 10.3. The zero-order chi connectivity index (χ0) is 37.1. The van der Waals surface area contributed by atoms with Crippen molar-refractivity contribution in [3.63, 3.8) is 0 Å². The summed E-state index contributed by atoms with van der Waals surface area (Å²) in [6.45, 7) is 1.67. The Kier molecular flexibility index (Phi) is 9.87. The Balaban J connectivity index is 0.00000481. The van der Waals surface area contributed by atoms with Crippen molar-refractivity contribution in [2.45, 2.75) is 16.7 Å². The van der Waals surface area contributed by atoms with Gasteiger partial charge in [0.15, 0.2) is 5.78 Å². The number of pyridine rings is 1. The van der Waals surface area contributed by atoms with Crippen LogP contribution in [0.3, 0.4) is 0 Å². The summed E-state index contributed by atoms with van der Waals surface area (Å²) in [6, 6.07) is 18.4. The molecule has 17 nitrogen and oxygen atoms in total. The normalized spacial score (nSPS) is 12.2. The first-order chi connectivity index (χ1) is 24.6. The van der Waals surface area contributed by atoms with E-state index in [2.05, 4.69) is 35.2 Å². The molecule has 0 fully saturated rings. The first kappa shape index (κ1) is 37.5. The number of ketones is 1. The van der Waals surface area contributed by atoms with E-state index in [0.29, 0.717) is 33.2 Å². The van der Waals surface area contributed by atoms with Gasteiger partial charge in [-0.1, -0.05) is 30.3 Å². The molecule has 2 heterocycles. The number of nitrogens with two attached hydrogens (primary N) is 1. The molecule has 1 aliphatic rings. The summed E-state index contributed by atoms with van der Waals surface area (Å²) < 4.78 is 67.1. The first-order valence-corrected chi connectivity index (χ1v) is 17.9. The fourth-order valence-corrected chi connectivity index (χ4v) is 7.30. The average Bonchev–Trinajstić information content (AvgIpc) is 3.08. The third-order valence-electron chi connectivity index (χ3n) is 8.28. The molecule has 6 aromatic rings. The third kappa shape index (κ3) is 6.99. The van der Waals surface area contributed by atoms with Crippen LogP contribution in [0.5, 0.6) is 6.01 Å². The van der Waals surface area contributed by atoms with E-state index in [9.17, 15) is 36.1 Å². The van der Waals surface area contributed by atoms with Gasteiger partial charge in [-0.25, -0.2) is 8.42 Å². The average molecular weight is 765 g/mol. The smallest absolute Gasteiger partial charge is 0.744 e. The number of fused-ring (bicyclic) bond motifs is 2. The van der Waals surface area contributed by atoms with E-state index in [0.717, 1.165) is 12.1 Å². The van der Waals surface area contributed by atoms with Gasteiger partial charge in [0.05, 0.1) is 33.0 Å². The van der Waals surface area contributed by atoms with Crippen LogP contribution in [-0.2, 0) is 31.6 Å². The van der Waals surface area contributed by atoms with Crippen LogP contribution in [0.1, 0.15) is 21.5 Å². The second-order valence-corrected chi connectivity index (χ2v) is 14.5. The number of anilines is 6. The van der Waals surface area contributed by atoms with Gasteiger partial charge < -0.3 is 30.2 Å². The quantitative estimate of drug-likeness (QED) is 0.0768. The van der Waals surface area contributed by atoms with Crippen LogP contribution in [0, 0.1) is 6.92 Å². The van der Waals surface area contributed by atoms with Crippen molar-refractivity contribution in [2.75, 3.05) is 16.0 Å². The SMILES string of the molecule is Cc1ccc(S(=O)(=O)[O-])c(Nc2nc(O)nc(Nc3ccc(S(=O)(=O)ON)c(Nc4ccc5c6c(cc(=O)n5C)-c5ccccc5C(=O)c46)c3)n2)c1.[Na+]. The monoisotopic (exact) mass is 764 g/mol. The Hall–Kier alpha value is -5.25. The standard InChI is InChI=1S/C33H26N8O9S2.Na/c1-16-7-11-25(51(45,46)47)22(13-16)37-32-38-31(39-33(44)40-32)35-17-8-12-26(52(48,49)50-34)23(14-17)36-21-9-10-24-28-20(15-27(42)41(24)2)18-5-3-4-6-19(18)30(43)29(21)28;/h3-15,36H,34H2,1-2H3,(H,45,46,47)(H3,35,37,38,39,40,44);/q;+1/p-1. The first-order valence-electron chi connectivity index (χ1n) is 15.1. The Morgan fingerprint density at radius 2 is 1.43 bits per heavy atom. The Bertz CT molecular complexity index is 2800. The van der Waals surface area contributed by atoms with E-state index in [-0.39, 0.29) is 81.1 Å². The molecule has 7 rings (SSSR count). The van der Waals surface area contributed by atoms with Gasteiger partial charge in [-0.2, -0.15) is 33.6 Å². The molecule has 264 valence electrons. The van der Waals surface area contributed by atoms with Crippen molar-refractivity contribution >= 4 is 71.6 Å². The molecule has 0 saturated heterocycles. The minimum absolute atomic E-state index is 0. The summed E-state index contributed by atoms with van der Waals surface area (Å²) >= 11 is 0. The van der Waals surface area contributed by atoms with Gasteiger partial charge in [0, 0.05) is 29.8 Å². The van der Waals surface area contributed by atoms with E-state index >= 15 is 0 Å². The maximum absolute atomic E-state index is 14.0. The number of rotatable bonds is 9. The molecule has 0 radical (unpaired) electrons. The molecule has 1 aliphatic carbocycles. The molecule has 0 bridgehead atoms. The topological polar surface area (TPSA) is 261 Å². The molecule has 20 heteroatoms. The van der Waals surface area contributed by atoms with Crippen molar-refractivity contribution in [2.24, 2.45) is 12.9 Å². The van der Waals surface area contributed by atoms with Gasteiger partial charge in [0.2, 0.25) is 11.9 Å². The zero-order valence-corrected chi connectivity index (χ0v) is 31.5. The molecule has 4 aromatic carbocycles. The number of hydrogen-bond donors (Lipinski definition) is 5. The van der Waals surface area contributed by atoms with Gasteiger partial charge in [-0.3, -0.25) is 9.59 Å². The predicted molar refractivity (Wildman–Crippen MR) is 187 cm³/mol. The second-order valence-electron chi connectivity index (χ2n) is 11.6. The maximum Gasteiger partial charge on any atom is 1.00 e. The molecular weight excluding hydrogens is 740 g/mol. The molecule has 0 saturated carbocycles. The number of nitrogens with one attached hydrogen (secondary N) is 3. The Morgan fingerprint density at radius 3 is 2.13 bits per heavy atom. The number of aromatic hydroxyl groups is 1. The number of nitrogens with zero attached hydrogens (tertiary/aromatic N) is 4. The largest absolute Gasteiger partial charge is 1.00 e. The van der Waals surface area contributed by atoms with Crippen LogP contribution >= 0.6 is 0 Å². The summed E-state index contributed by atoms with van der Waals surface area (Å²) in [5.41, 5.74) is 2.54. The minimum Gasteiger partial charge on any atom is -0.744 e. The minimum atomic E-state index is -4.90. The summed E-state index contributed by atoms with van der Waals surface area (Å²) in [7, 11) is -7.87. The van der Waals surface area contributed by atoms with Crippen molar-refractivity contribution in [1.82, 2.24) is 19.5 Å². The number of aryl methyl sites for hydroxylation is 2. The number of aromatic nitrogens is 4. The van der Waals surface area contributed by atoms with Crippen LogP contribution in [-0.4, -0.2) is 51.8 Å². The molecule has 0 atom stereocenters. The van der Waals surface area contributed by atoms with E-state index in [4.69, 9.17) is 5.90 Å². The van der Waals surface area contributed by atoms with Crippen LogP contribution in [0.15, 0.2) is 93.4 Å². The van der Waals surface area contributed by atoms with Crippen molar-refractivity contribution in [3.8, 4) is 17.1 Å². The molecule has 0 spiro atoms. The van der Waals surface area contributed by atoms with E-state index in [1.807, 2.05) is 0 Å². The number of hydrogen-bond acceptors (Lipinski definition) is 16. The van der Waals surface area contributed by atoms with Crippen molar-refractivity contribution in [1.29, 1.82) is 0 Å². The Morgan fingerprint density at radius 1 is 0.774 bits per heavy atom. The predicted octanol–water partition coefficient (Wildman–Crippen LogP) is 0.667. The summed E-state index contributed by atoms with van der Waals surface area (Å²) in [5, 5.41) is 19.2. The van der Waals surface area contributed by atoms with E-state index < -0.39 is 36.0 Å². The second kappa shape index (κ2) is 14.0. The van der Waals surface area contributed by atoms with Crippen LogP contribution in [0.25, 0.3) is 22.0 Å². The van der Waals surface area contributed by atoms with Crippen molar-refractivity contribution in [3.05, 3.63) is 106 Å². The molecule has 2 aromatic heterocycles. The van der Waals surface area contributed by atoms with Gasteiger partial charge in [-0.15, -0.1) is 0 Å².